The number of nitrogens with one attached hydrogen (secondary N) is 3. The van der Waals surface area contributed by atoms with Gasteiger partial charge < -0.3 is 16.0 Å². The Morgan fingerprint density at radius 1 is 1.19 bits per heavy atom. The van der Waals surface area contributed by atoms with Crippen LogP contribution in [0.2, 0.25) is 0 Å². The molecule has 0 spiro atoms. The third-order valence-electron chi connectivity index (χ3n) is 4.72. The van der Waals surface area contributed by atoms with E-state index in [-0.39, 0.29) is 17.5 Å². The second-order valence-corrected chi connectivity index (χ2v) is 7.73. The second-order valence-electron chi connectivity index (χ2n) is 6.65. The van der Waals surface area contributed by atoms with Gasteiger partial charge in [-0.3, -0.25) is 4.79 Å². The van der Waals surface area contributed by atoms with Gasteiger partial charge in [0.2, 0.25) is 5.91 Å². The van der Waals surface area contributed by atoms with Crippen LogP contribution < -0.4 is 16.0 Å². The fourth-order valence-electron chi connectivity index (χ4n) is 3.31. The second kappa shape index (κ2) is 7.09. The van der Waals surface area contributed by atoms with Gasteiger partial charge in [-0.05, 0) is 43.7 Å². The van der Waals surface area contributed by atoms with Gasteiger partial charge in [0.05, 0.1) is 28.5 Å². The minimum atomic E-state index is -4.49. The van der Waals surface area contributed by atoms with Crippen molar-refractivity contribution in [3.63, 3.8) is 0 Å². The van der Waals surface area contributed by atoms with E-state index in [1.54, 1.807) is 0 Å². The zero-order valence-corrected chi connectivity index (χ0v) is 15.1. The van der Waals surface area contributed by atoms with Crippen LogP contribution in [0.5, 0.6) is 0 Å². The van der Waals surface area contributed by atoms with E-state index in [0.717, 1.165) is 42.1 Å². The highest BCUT2D eigenvalue weighted by atomic mass is 32.2. The minimum Gasteiger partial charge on any atom is -0.352 e. The molecule has 2 aliphatic rings. The van der Waals surface area contributed by atoms with E-state index in [1.165, 1.54) is 11.8 Å². The number of para-hydroxylation sites is 1. The molecule has 0 radical (unpaired) electrons. The maximum atomic E-state index is 13.4. The zero-order valence-electron chi connectivity index (χ0n) is 14.3. The van der Waals surface area contributed by atoms with E-state index in [0.29, 0.717) is 17.1 Å². The quantitative estimate of drug-likeness (QED) is 0.583. The van der Waals surface area contributed by atoms with Crippen molar-refractivity contribution in [2.75, 3.05) is 23.7 Å². The van der Waals surface area contributed by atoms with Gasteiger partial charge in [-0.15, -0.1) is 0 Å². The fraction of sp³-hybridized carbons (Fsp3) is 0.316. The predicted octanol–water partition coefficient (Wildman–Crippen LogP) is 4.85. The number of hydrogen-bond acceptors (Lipinski definition) is 4. The number of piperidine rings is 1. The summed E-state index contributed by atoms with van der Waals surface area (Å²) in [5.74, 6) is -0.498. The average molecular weight is 393 g/mol. The number of amides is 1. The van der Waals surface area contributed by atoms with Crippen LogP contribution in [0, 0.1) is 5.92 Å². The van der Waals surface area contributed by atoms with Gasteiger partial charge >= 0.3 is 6.18 Å². The number of alkyl halides is 3. The van der Waals surface area contributed by atoms with Crippen molar-refractivity contribution in [2.24, 2.45) is 5.92 Å². The van der Waals surface area contributed by atoms with E-state index < -0.39 is 11.7 Å². The molecule has 4 rings (SSSR count). The van der Waals surface area contributed by atoms with E-state index >= 15 is 0 Å². The Balaban J connectivity index is 1.70. The smallest absolute Gasteiger partial charge is 0.352 e. The highest BCUT2D eigenvalue weighted by Gasteiger charge is 2.34. The molecule has 1 fully saturated rings. The van der Waals surface area contributed by atoms with E-state index in [9.17, 15) is 18.0 Å². The molecule has 0 aromatic heterocycles. The van der Waals surface area contributed by atoms with Gasteiger partial charge in [-0.25, -0.2) is 0 Å². The van der Waals surface area contributed by atoms with Crippen LogP contribution in [0.1, 0.15) is 18.4 Å². The van der Waals surface area contributed by atoms with Gasteiger partial charge in [0.1, 0.15) is 0 Å². The number of fused-ring (bicyclic) bond motifs is 2. The summed E-state index contributed by atoms with van der Waals surface area (Å²) in [7, 11) is 0. The van der Waals surface area contributed by atoms with Crippen molar-refractivity contribution in [1.29, 1.82) is 0 Å². The molecule has 0 unspecified atom stereocenters. The highest BCUT2D eigenvalue weighted by molar-refractivity contribution is 7.99. The van der Waals surface area contributed by atoms with E-state index in [4.69, 9.17) is 0 Å². The third-order valence-corrected chi connectivity index (χ3v) is 5.84. The summed E-state index contributed by atoms with van der Waals surface area (Å²) in [6.45, 7) is 1.40. The van der Waals surface area contributed by atoms with E-state index in [2.05, 4.69) is 16.0 Å². The third kappa shape index (κ3) is 3.77. The number of rotatable bonds is 2. The summed E-state index contributed by atoms with van der Waals surface area (Å²) < 4.78 is 40.1. The summed E-state index contributed by atoms with van der Waals surface area (Å²) in [6, 6.07) is 9.54. The van der Waals surface area contributed by atoms with Gasteiger partial charge in [-0.1, -0.05) is 23.9 Å². The van der Waals surface area contributed by atoms with Crippen LogP contribution in [0.3, 0.4) is 0 Å². The molecule has 27 heavy (non-hydrogen) atoms. The monoisotopic (exact) mass is 393 g/mol. The number of halogens is 3. The first-order chi connectivity index (χ1) is 12.9. The molecular formula is C19H18F3N3OS. The lowest BCUT2D eigenvalue weighted by molar-refractivity contribution is -0.137. The van der Waals surface area contributed by atoms with Crippen LogP contribution in [0.15, 0.2) is 46.2 Å². The Bertz CT molecular complexity index is 879. The van der Waals surface area contributed by atoms with Crippen molar-refractivity contribution in [2.45, 2.75) is 28.8 Å². The Labute approximate surface area is 158 Å². The van der Waals surface area contributed by atoms with Crippen molar-refractivity contribution in [3.05, 3.63) is 42.0 Å². The number of anilines is 3. The molecule has 1 saturated heterocycles. The normalized spacial score (nSPS) is 18.9. The van der Waals surface area contributed by atoms with Crippen LogP contribution >= 0.6 is 11.8 Å². The lowest BCUT2D eigenvalue weighted by atomic mass is 9.98. The standard InChI is InChI=1S/C19H18F3N3OS/c20-19(21,22)12-8-14(25-18(26)11-4-3-7-23-10-11)17-16(9-12)27-15-6-2-1-5-13(15)24-17/h1-2,5-6,8-9,11,23-24H,3-4,7,10H2,(H,25,26)/t11-/m1/s1. The maximum absolute atomic E-state index is 13.4. The van der Waals surface area contributed by atoms with Crippen molar-refractivity contribution < 1.29 is 18.0 Å². The zero-order chi connectivity index (χ0) is 19.0. The largest absolute Gasteiger partial charge is 0.416 e. The summed E-state index contributed by atoms with van der Waals surface area (Å²) in [6.07, 6.45) is -2.89. The number of hydrogen-bond donors (Lipinski definition) is 3. The molecule has 142 valence electrons. The molecule has 0 saturated carbocycles. The first-order valence-corrected chi connectivity index (χ1v) is 9.54. The predicted molar refractivity (Wildman–Crippen MR) is 99.5 cm³/mol. The topological polar surface area (TPSA) is 53.2 Å². The molecule has 8 heteroatoms. The Morgan fingerprint density at radius 3 is 2.74 bits per heavy atom. The summed E-state index contributed by atoms with van der Waals surface area (Å²) >= 11 is 1.26. The molecule has 3 N–H and O–H groups in total. The molecule has 0 bridgehead atoms. The molecule has 2 aromatic carbocycles. The number of benzene rings is 2. The number of carbonyl (C=O) groups is 1. The molecule has 1 amide bonds. The summed E-state index contributed by atoms with van der Waals surface area (Å²) in [4.78, 5) is 13.9. The molecule has 1 atom stereocenters. The minimum absolute atomic E-state index is 0.164. The van der Waals surface area contributed by atoms with Crippen LogP contribution in [0.25, 0.3) is 0 Å². The lowest BCUT2D eigenvalue weighted by Crippen LogP contribution is -2.37. The average Bonchev–Trinajstić information content (AvgIpc) is 2.66. The fourth-order valence-corrected chi connectivity index (χ4v) is 4.37. The highest BCUT2D eigenvalue weighted by Crippen LogP contribution is 2.49. The van der Waals surface area contributed by atoms with Crippen molar-refractivity contribution in [1.82, 2.24) is 5.32 Å². The molecule has 4 nitrogen and oxygen atoms in total. The summed E-state index contributed by atoms with van der Waals surface area (Å²) in [5, 5.41) is 9.06. The Hall–Kier alpha value is -2.19. The Kier molecular flexibility index (Phi) is 4.77. The van der Waals surface area contributed by atoms with Gasteiger partial charge in [0, 0.05) is 16.3 Å². The molecule has 0 aliphatic carbocycles. The SMILES string of the molecule is O=C(Nc1cc(C(F)(F)F)cc2c1Nc1ccccc1S2)[C@@H]1CCCNC1. The molecule has 2 heterocycles. The van der Waals surface area contributed by atoms with Gasteiger partial charge in [0.25, 0.3) is 0 Å². The van der Waals surface area contributed by atoms with Gasteiger partial charge in [0.15, 0.2) is 0 Å². The maximum Gasteiger partial charge on any atom is 0.416 e. The molecule has 2 aliphatic heterocycles. The molecule has 2 aromatic rings. The van der Waals surface area contributed by atoms with Crippen LogP contribution in [0.4, 0.5) is 30.2 Å². The van der Waals surface area contributed by atoms with Crippen molar-refractivity contribution >= 4 is 34.7 Å². The molecular weight excluding hydrogens is 375 g/mol. The number of carbonyl (C=O) groups excluding carboxylic acids is 1. The van der Waals surface area contributed by atoms with E-state index in [1.807, 2.05) is 24.3 Å². The Morgan fingerprint density at radius 2 is 2.00 bits per heavy atom. The van der Waals surface area contributed by atoms with Crippen LogP contribution in [-0.2, 0) is 11.0 Å². The van der Waals surface area contributed by atoms with Crippen LogP contribution in [-0.4, -0.2) is 19.0 Å². The first kappa shape index (κ1) is 18.2. The first-order valence-electron chi connectivity index (χ1n) is 8.72. The van der Waals surface area contributed by atoms with Gasteiger partial charge in [-0.2, -0.15) is 13.2 Å². The van der Waals surface area contributed by atoms with Crippen molar-refractivity contribution in [3.8, 4) is 0 Å². The lowest BCUT2D eigenvalue weighted by Gasteiger charge is -2.27. The summed E-state index contributed by atoms with van der Waals surface area (Å²) in [5.41, 5.74) is 0.706.